The molecule has 0 aromatic rings. The van der Waals surface area contributed by atoms with Gasteiger partial charge in [0.05, 0.1) is 0 Å². The van der Waals surface area contributed by atoms with Crippen molar-refractivity contribution in [2.24, 2.45) is 5.73 Å². The first kappa shape index (κ1) is 11.8. The minimum absolute atomic E-state index is 0. The topological polar surface area (TPSA) is 52.3 Å². The van der Waals surface area contributed by atoms with Gasteiger partial charge in [-0.2, -0.15) is 0 Å². The second kappa shape index (κ2) is 6.18. The van der Waals surface area contributed by atoms with E-state index in [0.717, 1.165) is 0 Å². The molecule has 0 aromatic carbocycles. The minimum Gasteiger partial charge on any atom is -0.447 e. The molecule has 0 rings (SSSR count). The molecule has 2 N–H and O–H groups in total. The number of hydrogen-bond donors (Lipinski definition) is 1. The largest absolute Gasteiger partial charge is 0.447 e. The van der Waals surface area contributed by atoms with Gasteiger partial charge >= 0.3 is 5.97 Å². The Kier molecular flexibility index (Phi) is 8.10. The van der Waals surface area contributed by atoms with Gasteiger partial charge in [-0.05, 0) is 6.92 Å². The van der Waals surface area contributed by atoms with E-state index in [9.17, 15) is 4.79 Å². The molecule has 0 fully saturated rings. The van der Waals surface area contributed by atoms with Crippen LogP contribution in [0.3, 0.4) is 0 Å². The van der Waals surface area contributed by atoms with Crippen molar-refractivity contribution in [2.45, 2.75) is 26.5 Å². The van der Waals surface area contributed by atoms with Gasteiger partial charge in [0.2, 0.25) is 0 Å². The van der Waals surface area contributed by atoms with E-state index in [1.54, 1.807) is 13.8 Å². The van der Waals surface area contributed by atoms with Crippen molar-refractivity contribution in [1.82, 2.24) is 0 Å². The van der Waals surface area contributed by atoms with Crippen LogP contribution < -0.4 is 5.73 Å². The quantitative estimate of drug-likeness (QED) is 0.378. The van der Waals surface area contributed by atoms with E-state index in [2.05, 4.69) is 4.74 Å². The van der Waals surface area contributed by atoms with Gasteiger partial charge in [-0.25, -0.2) is 0 Å². The molecule has 0 radical (unpaired) electrons. The zero-order chi connectivity index (χ0) is 6.57. The molecule has 50 valence electrons. The number of ether oxygens (including phenoxy) is 1. The molecule has 0 saturated heterocycles. The molecule has 1 unspecified atom stereocenters. The molecular weight excluding hydrogens is 171 g/mol. The van der Waals surface area contributed by atoms with E-state index >= 15 is 0 Å². The summed E-state index contributed by atoms with van der Waals surface area (Å²) in [6.07, 6.45) is -0.0795. The maximum atomic E-state index is 10.3. The van der Waals surface area contributed by atoms with Crippen LogP contribution in [-0.4, -0.2) is 12.2 Å². The van der Waals surface area contributed by atoms with Gasteiger partial charge in [0.25, 0.3) is 0 Å². The predicted octanol–water partition coefficient (Wildman–Crippen LogP) is 0.242. The van der Waals surface area contributed by atoms with E-state index in [1.807, 2.05) is 0 Å². The summed E-state index contributed by atoms with van der Waals surface area (Å²) in [7, 11) is 0. The maximum absolute atomic E-state index is 10.3. The summed E-state index contributed by atoms with van der Waals surface area (Å²) in [5.74, 6) is -0.250. The SMILES string of the molecule is CCC(=O)OC(C)N.[Zn]. The van der Waals surface area contributed by atoms with Crippen LogP contribution in [0.15, 0.2) is 0 Å². The molecule has 0 saturated carbocycles. The zero-order valence-electron chi connectivity index (χ0n) is 5.89. The number of esters is 1. The van der Waals surface area contributed by atoms with Crippen molar-refractivity contribution in [2.75, 3.05) is 0 Å². The van der Waals surface area contributed by atoms with Gasteiger partial charge in [-0.3, -0.25) is 10.5 Å². The van der Waals surface area contributed by atoms with Crippen LogP contribution in [0.1, 0.15) is 20.3 Å². The van der Waals surface area contributed by atoms with Gasteiger partial charge in [0.15, 0.2) is 0 Å². The Morgan fingerprint density at radius 3 is 2.33 bits per heavy atom. The molecule has 3 nitrogen and oxygen atoms in total. The first-order valence-corrected chi connectivity index (χ1v) is 2.62. The van der Waals surface area contributed by atoms with Crippen LogP contribution in [0.2, 0.25) is 0 Å². The summed E-state index contributed by atoms with van der Waals surface area (Å²) in [6.45, 7) is 3.35. The zero-order valence-corrected chi connectivity index (χ0v) is 8.85. The minimum atomic E-state index is -0.470. The second-order valence-corrected chi connectivity index (χ2v) is 1.55. The van der Waals surface area contributed by atoms with Gasteiger partial charge in [-0.1, -0.05) is 6.92 Å². The molecule has 9 heavy (non-hydrogen) atoms. The molecular formula is C5H11NO2Zn. The normalized spacial score (nSPS) is 11.4. The van der Waals surface area contributed by atoms with E-state index in [0.29, 0.717) is 6.42 Å². The fourth-order valence-corrected chi connectivity index (χ4v) is 0.291. The van der Waals surface area contributed by atoms with Crippen LogP contribution in [0.25, 0.3) is 0 Å². The van der Waals surface area contributed by atoms with Crippen molar-refractivity contribution >= 4 is 5.97 Å². The van der Waals surface area contributed by atoms with Crippen molar-refractivity contribution in [1.29, 1.82) is 0 Å². The Morgan fingerprint density at radius 1 is 1.78 bits per heavy atom. The van der Waals surface area contributed by atoms with E-state index < -0.39 is 6.23 Å². The van der Waals surface area contributed by atoms with E-state index in [1.165, 1.54) is 0 Å². The van der Waals surface area contributed by atoms with Crippen molar-refractivity contribution in [3.05, 3.63) is 0 Å². The molecule has 0 aromatic heterocycles. The van der Waals surface area contributed by atoms with Crippen molar-refractivity contribution in [3.63, 3.8) is 0 Å². The summed E-state index contributed by atoms with van der Waals surface area (Å²) in [6, 6.07) is 0. The monoisotopic (exact) mass is 181 g/mol. The Morgan fingerprint density at radius 2 is 2.22 bits per heavy atom. The van der Waals surface area contributed by atoms with Gasteiger partial charge in [0.1, 0.15) is 6.23 Å². The molecule has 0 heterocycles. The molecule has 0 spiro atoms. The van der Waals surface area contributed by atoms with E-state index in [4.69, 9.17) is 5.73 Å². The molecule has 0 aliphatic carbocycles. The van der Waals surface area contributed by atoms with Gasteiger partial charge in [0, 0.05) is 25.9 Å². The third-order valence-corrected chi connectivity index (χ3v) is 0.606. The molecule has 0 aliphatic heterocycles. The first-order valence-electron chi connectivity index (χ1n) is 2.62. The Hall–Kier alpha value is 0.0534. The fourth-order valence-electron chi connectivity index (χ4n) is 0.291. The second-order valence-electron chi connectivity index (χ2n) is 1.55. The maximum Gasteiger partial charge on any atom is 0.307 e. The molecule has 0 amide bonds. The standard InChI is InChI=1S/C5H11NO2.Zn/c1-3-5(7)8-4(2)6;/h4H,3,6H2,1-2H3;. The summed E-state index contributed by atoms with van der Waals surface area (Å²) in [5, 5.41) is 0. The van der Waals surface area contributed by atoms with Crippen molar-refractivity contribution in [3.8, 4) is 0 Å². The molecule has 1 atom stereocenters. The van der Waals surface area contributed by atoms with Crippen LogP contribution in [0, 0.1) is 0 Å². The summed E-state index contributed by atoms with van der Waals surface area (Å²) in [4.78, 5) is 10.3. The Bertz CT molecular complexity index is 85.0. The third-order valence-electron chi connectivity index (χ3n) is 0.606. The van der Waals surface area contributed by atoms with Crippen LogP contribution in [0.4, 0.5) is 0 Å². The fraction of sp³-hybridized carbons (Fsp3) is 0.800. The Balaban J connectivity index is 0. The van der Waals surface area contributed by atoms with Crippen LogP contribution >= 0.6 is 0 Å². The van der Waals surface area contributed by atoms with Crippen LogP contribution in [0.5, 0.6) is 0 Å². The van der Waals surface area contributed by atoms with Gasteiger partial charge in [-0.15, -0.1) is 0 Å². The number of nitrogens with two attached hydrogens (primary N) is 1. The average Bonchev–Trinajstić information content (AvgIpc) is 1.65. The number of carbonyl (C=O) groups is 1. The summed E-state index contributed by atoms with van der Waals surface area (Å²) < 4.78 is 4.54. The predicted molar refractivity (Wildman–Crippen MR) is 30.0 cm³/mol. The molecule has 0 aliphatic rings. The summed E-state index contributed by atoms with van der Waals surface area (Å²) >= 11 is 0. The third kappa shape index (κ3) is 8.05. The van der Waals surface area contributed by atoms with Crippen molar-refractivity contribution < 1.29 is 29.0 Å². The number of hydrogen-bond acceptors (Lipinski definition) is 3. The Labute approximate surface area is 67.7 Å². The first-order chi connectivity index (χ1) is 3.66. The van der Waals surface area contributed by atoms with Gasteiger partial charge < -0.3 is 4.74 Å². The smallest absolute Gasteiger partial charge is 0.307 e. The van der Waals surface area contributed by atoms with Crippen LogP contribution in [-0.2, 0) is 29.0 Å². The summed E-state index contributed by atoms with van der Waals surface area (Å²) in [5.41, 5.74) is 5.13. The van der Waals surface area contributed by atoms with E-state index in [-0.39, 0.29) is 25.4 Å². The number of carbonyl (C=O) groups excluding carboxylic acids is 1. The molecule has 4 heteroatoms. The number of rotatable bonds is 2. The molecule has 0 bridgehead atoms. The average molecular weight is 183 g/mol.